The van der Waals surface area contributed by atoms with Gasteiger partial charge in [-0.1, -0.05) is 41.4 Å². The van der Waals surface area contributed by atoms with Crippen molar-refractivity contribution in [1.82, 2.24) is 4.98 Å². The summed E-state index contributed by atoms with van der Waals surface area (Å²) < 4.78 is 32.7. The topological polar surface area (TPSA) is 68.3 Å². The van der Waals surface area contributed by atoms with Gasteiger partial charge >= 0.3 is 0 Å². The van der Waals surface area contributed by atoms with Crippen molar-refractivity contribution in [3.8, 4) is 5.75 Å². The summed E-state index contributed by atoms with van der Waals surface area (Å²) in [6.07, 6.45) is 1.44. The minimum atomic E-state index is -3.92. The van der Waals surface area contributed by atoms with E-state index in [0.29, 0.717) is 11.4 Å². The first-order chi connectivity index (χ1) is 11.4. The van der Waals surface area contributed by atoms with Gasteiger partial charge in [-0.25, -0.2) is 8.42 Å². The third-order valence-electron chi connectivity index (χ3n) is 3.34. The van der Waals surface area contributed by atoms with Crippen LogP contribution in [0.1, 0.15) is 0 Å². The van der Waals surface area contributed by atoms with Crippen molar-refractivity contribution < 1.29 is 13.2 Å². The van der Waals surface area contributed by atoms with Crippen molar-refractivity contribution in [3.05, 3.63) is 58.7 Å². The molecular weight excluding hydrogens is 371 g/mol. The smallest absolute Gasteiger partial charge is 0.263 e. The van der Waals surface area contributed by atoms with E-state index in [1.54, 1.807) is 6.07 Å². The van der Waals surface area contributed by atoms with Gasteiger partial charge in [0.1, 0.15) is 10.6 Å². The van der Waals surface area contributed by atoms with Crippen LogP contribution in [0.3, 0.4) is 0 Å². The largest absolute Gasteiger partial charge is 0.495 e. The van der Waals surface area contributed by atoms with Crippen molar-refractivity contribution in [2.45, 2.75) is 4.90 Å². The zero-order valence-corrected chi connectivity index (χ0v) is 14.8. The molecule has 1 heterocycles. The Hall–Kier alpha value is -2.02. The van der Waals surface area contributed by atoms with Crippen LogP contribution < -0.4 is 9.46 Å². The molecule has 3 rings (SSSR count). The molecule has 0 saturated heterocycles. The second kappa shape index (κ2) is 6.47. The quantitative estimate of drug-likeness (QED) is 0.727. The SMILES string of the molecule is COc1cc(Cl)c(S(=O)(=O)Nc2cnc3ccccc3c2)cc1Cl. The fourth-order valence-electron chi connectivity index (χ4n) is 2.21. The predicted octanol–water partition coefficient (Wildman–Crippen LogP) is 4.35. The molecule has 24 heavy (non-hydrogen) atoms. The van der Waals surface area contributed by atoms with Gasteiger partial charge in [-0.15, -0.1) is 0 Å². The number of ether oxygens (including phenoxy) is 1. The van der Waals surface area contributed by atoms with Crippen molar-refractivity contribution in [2.75, 3.05) is 11.8 Å². The zero-order chi connectivity index (χ0) is 17.3. The van der Waals surface area contributed by atoms with E-state index in [1.165, 1.54) is 25.4 Å². The number of anilines is 1. The lowest BCUT2D eigenvalue weighted by molar-refractivity contribution is 0.414. The van der Waals surface area contributed by atoms with Crippen LogP contribution in [-0.2, 0) is 10.0 Å². The van der Waals surface area contributed by atoms with E-state index in [1.807, 2.05) is 24.3 Å². The molecule has 0 fully saturated rings. The van der Waals surface area contributed by atoms with E-state index >= 15 is 0 Å². The summed E-state index contributed by atoms with van der Waals surface area (Å²) in [5, 5.41) is 0.980. The summed E-state index contributed by atoms with van der Waals surface area (Å²) in [6.45, 7) is 0. The van der Waals surface area contributed by atoms with Gasteiger partial charge in [-0.3, -0.25) is 9.71 Å². The number of halogens is 2. The number of sulfonamides is 1. The molecule has 3 aromatic rings. The minimum Gasteiger partial charge on any atom is -0.495 e. The molecule has 0 amide bonds. The van der Waals surface area contributed by atoms with Gasteiger partial charge in [-0.2, -0.15) is 0 Å². The third kappa shape index (κ3) is 3.26. The number of pyridine rings is 1. The highest BCUT2D eigenvalue weighted by Gasteiger charge is 2.21. The van der Waals surface area contributed by atoms with E-state index in [9.17, 15) is 8.42 Å². The summed E-state index contributed by atoms with van der Waals surface area (Å²) in [7, 11) is -2.50. The second-order valence-electron chi connectivity index (χ2n) is 4.94. The maximum absolute atomic E-state index is 12.6. The van der Waals surface area contributed by atoms with E-state index in [0.717, 1.165) is 10.9 Å². The molecule has 0 aliphatic heterocycles. The average Bonchev–Trinajstić information content (AvgIpc) is 2.56. The number of benzene rings is 2. The van der Waals surface area contributed by atoms with E-state index in [4.69, 9.17) is 27.9 Å². The fraction of sp³-hybridized carbons (Fsp3) is 0.0625. The molecule has 124 valence electrons. The summed E-state index contributed by atoms with van der Waals surface area (Å²) in [6, 6.07) is 11.7. The molecule has 0 unspecified atom stereocenters. The van der Waals surface area contributed by atoms with Crippen LogP contribution in [0, 0.1) is 0 Å². The number of fused-ring (bicyclic) bond motifs is 1. The van der Waals surface area contributed by atoms with Gasteiger partial charge in [0.2, 0.25) is 0 Å². The number of hydrogen-bond donors (Lipinski definition) is 1. The number of aromatic nitrogens is 1. The Balaban J connectivity index is 2.00. The average molecular weight is 383 g/mol. The molecule has 0 aliphatic rings. The third-order valence-corrected chi connectivity index (χ3v) is 5.48. The maximum Gasteiger partial charge on any atom is 0.263 e. The van der Waals surface area contributed by atoms with Gasteiger partial charge in [0.15, 0.2) is 0 Å². The molecular formula is C16H12Cl2N2O3S. The van der Waals surface area contributed by atoms with Crippen LogP contribution in [0.2, 0.25) is 10.0 Å². The van der Waals surface area contributed by atoms with Crippen molar-refractivity contribution >= 4 is 49.8 Å². The first-order valence-electron chi connectivity index (χ1n) is 6.81. The Kier molecular flexibility index (Phi) is 4.54. The number of nitrogens with one attached hydrogen (secondary N) is 1. The van der Waals surface area contributed by atoms with Crippen molar-refractivity contribution in [1.29, 1.82) is 0 Å². The lowest BCUT2D eigenvalue weighted by Gasteiger charge is -2.12. The van der Waals surface area contributed by atoms with Crippen LogP contribution in [0.25, 0.3) is 10.9 Å². The Morgan fingerprint density at radius 2 is 1.83 bits per heavy atom. The maximum atomic E-state index is 12.6. The highest BCUT2D eigenvalue weighted by atomic mass is 35.5. The summed E-state index contributed by atoms with van der Waals surface area (Å²) >= 11 is 12.1. The number of nitrogens with zero attached hydrogens (tertiary/aromatic N) is 1. The van der Waals surface area contributed by atoms with Crippen LogP contribution >= 0.6 is 23.2 Å². The monoisotopic (exact) mass is 382 g/mol. The van der Waals surface area contributed by atoms with Crippen LogP contribution in [0.15, 0.2) is 53.6 Å². The van der Waals surface area contributed by atoms with Gasteiger partial charge in [-0.05, 0) is 18.2 Å². The molecule has 1 N–H and O–H groups in total. The Morgan fingerprint density at radius 1 is 1.08 bits per heavy atom. The van der Waals surface area contributed by atoms with Crippen LogP contribution in [0.5, 0.6) is 5.75 Å². The first-order valence-corrected chi connectivity index (χ1v) is 9.05. The Bertz CT molecular complexity index is 1020. The van der Waals surface area contributed by atoms with Crippen LogP contribution in [0.4, 0.5) is 5.69 Å². The minimum absolute atomic E-state index is 0.0116. The van der Waals surface area contributed by atoms with Crippen LogP contribution in [-0.4, -0.2) is 20.5 Å². The highest BCUT2D eigenvalue weighted by molar-refractivity contribution is 7.92. The molecule has 0 spiro atoms. The first kappa shape index (κ1) is 16.8. The molecule has 5 nitrogen and oxygen atoms in total. The molecule has 1 aromatic heterocycles. The zero-order valence-electron chi connectivity index (χ0n) is 12.5. The predicted molar refractivity (Wildman–Crippen MR) is 95.6 cm³/mol. The Morgan fingerprint density at radius 3 is 2.58 bits per heavy atom. The second-order valence-corrected chi connectivity index (χ2v) is 7.40. The molecule has 0 bridgehead atoms. The van der Waals surface area contributed by atoms with Gasteiger partial charge < -0.3 is 4.74 Å². The lowest BCUT2D eigenvalue weighted by atomic mass is 10.2. The van der Waals surface area contributed by atoms with Gasteiger partial charge in [0.25, 0.3) is 10.0 Å². The fourth-order valence-corrected chi connectivity index (χ4v) is 4.09. The van der Waals surface area contributed by atoms with E-state index in [2.05, 4.69) is 9.71 Å². The summed E-state index contributed by atoms with van der Waals surface area (Å²) in [5.74, 6) is 0.299. The normalized spacial score (nSPS) is 11.5. The molecule has 0 radical (unpaired) electrons. The number of hydrogen-bond acceptors (Lipinski definition) is 4. The molecule has 0 aliphatic carbocycles. The van der Waals surface area contributed by atoms with Crippen molar-refractivity contribution in [3.63, 3.8) is 0 Å². The molecule has 0 atom stereocenters. The number of para-hydroxylation sites is 1. The highest BCUT2D eigenvalue weighted by Crippen LogP contribution is 2.34. The number of methoxy groups -OCH3 is 1. The number of rotatable bonds is 4. The van der Waals surface area contributed by atoms with E-state index in [-0.39, 0.29) is 14.9 Å². The van der Waals surface area contributed by atoms with Crippen molar-refractivity contribution in [2.24, 2.45) is 0 Å². The van der Waals surface area contributed by atoms with Gasteiger partial charge in [0, 0.05) is 11.5 Å². The van der Waals surface area contributed by atoms with E-state index < -0.39 is 10.0 Å². The Labute approximate surface area is 149 Å². The molecule has 8 heteroatoms. The molecule has 0 saturated carbocycles. The standard InChI is InChI=1S/C16H12Cl2N2O3S/c1-23-15-7-13(18)16(8-12(15)17)24(21,22)20-11-6-10-4-2-3-5-14(10)19-9-11/h2-9,20H,1H3. The molecule has 2 aromatic carbocycles. The van der Waals surface area contributed by atoms with Gasteiger partial charge in [0.05, 0.1) is 34.6 Å². The summed E-state index contributed by atoms with van der Waals surface area (Å²) in [4.78, 5) is 4.08. The summed E-state index contributed by atoms with van der Waals surface area (Å²) in [5.41, 5.74) is 1.10. The lowest BCUT2D eigenvalue weighted by Crippen LogP contribution is -2.14.